The first-order valence-electron chi connectivity index (χ1n) is 22.4. The van der Waals surface area contributed by atoms with E-state index in [1.165, 1.54) is 96.3 Å². The Hall–Kier alpha value is -1.87. The molecule has 1 heterocycles. The first-order chi connectivity index (χ1) is 27.5. The van der Waals surface area contributed by atoms with Crippen molar-refractivity contribution in [2.75, 3.05) is 19.0 Å². The Kier molecular flexibility index (Phi) is 32.6. The van der Waals surface area contributed by atoms with Gasteiger partial charge in [-0.3, -0.25) is 14.1 Å². The van der Waals surface area contributed by atoms with Crippen LogP contribution in [0, 0.1) is 0 Å². The number of rotatable bonds is 37. The summed E-state index contributed by atoms with van der Waals surface area (Å²) < 4.78 is 54.0. The van der Waals surface area contributed by atoms with E-state index < -0.39 is 71.2 Å². The van der Waals surface area contributed by atoms with Gasteiger partial charge in [-0.1, -0.05) is 154 Å². The highest BCUT2D eigenvalue weighted by Gasteiger charge is 2.46. The molecule has 0 aromatic rings. The van der Waals surface area contributed by atoms with Gasteiger partial charge in [0.05, 0.1) is 6.61 Å². The smallest absolute Gasteiger partial charge is 0.306 e. The van der Waals surface area contributed by atoms with Gasteiger partial charge in [0.1, 0.15) is 36.8 Å². The zero-order valence-electron chi connectivity index (χ0n) is 35.4. The van der Waals surface area contributed by atoms with Crippen molar-refractivity contribution in [1.29, 1.82) is 0 Å². The summed E-state index contributed by atoms with van der Waals surface area (Å²) in [5.74, 6) is -1.98. The highest BCUT2D eigenvalue weighted by Crippen LogP contribution is 2.24. The van der Waals surface area contributed by atoms with Crippen LogP contribution in [0.3, 0.4) is 0 Å². The molecule has 4 N–H and O–H groups in total. The number of esters is 2. The average Bonchev–Trinajstić information content (AvgIpc) is 3.17. The molecule has 13 heteroatoms. The number of ether oxygens (including phenoxy) is 4. The second kappa shape index (κ2) is 34.9. The zero-order valence-corrected chi connectivity index (χ0v) is 36.3. The summed E-state index contributed by atoms with van der Waals surface area (Å²) in [7, 11) is -4.60. The molecule has 12 nitrogen and oxygen atoms in total. The second-order valence-electron chi connectivity index (χ2n) is 15.7. The number of aliphatic hydroxyl groups excluding tert-OH is 3. The molecule has 1 rings (SSSR count). The molecule has 0 aromatic heterocycles. The molecule has 0 spiro atoms. The van der Waals surface area contributed by atoms with Crippen LogP contribution in [0.5, 0.6) is 0 Å². The van der Waals surface area contributed by atoms with Crippen molar-refractivity contribution in [2.24, 2.45) is 0 Å². The number of hydrogen-bond acceptors (Lipinski definition) is 11. The Bertz CT molecular complexity index is 1160. The van der Waals surface area contributed by atoms with Gasteiger partial charge in [-0.05, 0) is 44.9 Å². The molecule has 1 fully saturated rings. The summed E-state index contributed by atoms with van der Waals surface area (Å²) in [4.78, 5) is 25.3. The minimum absolute atomic E-state index is 0.162. The Morgan fingerprint density at radius 2 is 1.05 bits per heavy atom. The Morgan fingerprint density at radius 1 is 0.596 bits per heavy atom. The molecule has 0 aliphatic carbocycles. The van der Waals surface area contributed by atoms with Gasteiger partial charge in [-0.2, -0.15) is 8.42 Å². The average molecular weight is 833 g/mol. The minimum atomic E-state index is -4.60. The number of allylic oxidation sites excluding steroid dienone is 4. The molecule has 0 bridgehead atoms. The van der Waals surface area contributed by atoms with E-state index in [-0.39, 0.29) is 19.4 Å². The molecule has 1 saturated heterocycles. The van der Waals surface area contributed by atoms with Crippen molar-refractivity contribution < 1.29 is 56.8 Å². The SMILES string of the molecule is CCCCC/C=C\C/C=C\CCCCCCCCCCCC(=O)OC(COC(=O)CCCCCCCCCCCC)COC1OC(CS(=O)(=O)O)C(O)C(O)C1O. The fraction of sp³-hybridized carbons (Fsp3) is 0.864. The van der Waals surface area contributed by atoms with E-state index in [4.69, 9.17) is 18.9 Å². The predicted molar refractivity (Wildman–Crippen MR) is 224 cm³/mol. The van der Waals surface area contributed by atoms with Crippen LogP contribution in [-0.2, 0) is 38.7 Å². The standard InChI is InChI=1S/C44H80O12S/c1-3-5-7-9-11-13-15-16-17-18-19-20-21-22-23-25-27-29-31-33-40(46)55-37(34-53-39(45)32-30-28-26-24-14-12-10-8-6-4-2)35-54-44-43(49)42(48)41(47)38(56-44)36-57(50,51)52/h11,13,16-17,37-38,41-44,47-49H,3-10,12,14-15,18-36H2,1-2H3,(H,50,51,52)/b13-11-,17-16-. The molecule has 1 aliphatic rings. The lowest BCUT2D eigenvalue weighted by molar-refractivity contribution is -0.297. The fourth-order valence-electron chi connectivity index (χ4n) is 6.77. The number of carbonyl (C=O) groups is 2. The first kappa shape index (κ1) is 53.1. The first-order valence-corrected chi connectivity index (χ1v) is 24.0. The van der Waals surface area contributed by atoms with E-state index in [0.29, 0.717) is 12.8 Å². The van der Waals surface area contributed by atoms with Crippen LogP contribution < -0.4 is 0 Å². The lowest BCUT2D eigenvalue weighted by Gasteiger charge is -2.40. The number of hydrogen-bond donors (Lipinski definition) is 4. The molecule has 57 heavy (non-hydrogen) atoms. The lowest BCUT2D eigenvalue weighted by Crippen LogP contribution is -2.60. The van der Waals surface area contributed by atoms with E-state index in [0.717, 1.165) is 51.4 Å². The molecule has 0 aromatic carbocycles. The molecule has 334 valence electrons. The maximum Gasteiger partial charge on any atom is 0.306 e. The van der Waals surface area contributed by atoms with Crippen molar-refractivity contribution in [1.82, 2.24) is 0 Å². The third-order valence-electron chi connectivity index (χ3n) is 10.3. The van der Waals surface area contributed by atoms with Crippen LogP contribution in [0.25, 0.3) is 0 Å². The zero-order chi connectivity index (χ0) is 42.0. The van der Waals surface area contributed by atoms with Crippen LogP contribution in [0.4, 0.5) is 0 Å². The quantitative estimate of drug-likeness (QED) is 0.0202. The van der Waals surface area contributed by atoms with E-state index in [9.17, 15) is 37.9 Å². The van der Waals surface area contributed by atoms with Gasteiger partial charge in [-0.25, -0.2) is 0 Å². The topological polar surface area (TPSA) is 186 Å². The van der Waals surface area contributed by atoms with Crippen LogP contribution in [0.15, 0.2) is 24.3 Å². The highest BCUT2D eigenvalue weighted by molar-refractivity contribution is 7.85. The second-order valence-corrected chi connectivity index (χ2v) is 17.2. The molecular weight excluding hydrogens is 753 g/mol. The number of unbranched alkanes of at least 4 members (excludes halogenated alkanes) is 21. The maximum atomic E-state index is 12.8. The molecule has 0 radical (unpaired) electrons. The van der Waals surface area contributed by atoms with Crippen molar-refractivity contribution in [3.05, 3.63) is 24.3 Å². The van der Waals surface area contributed by atoms with Crippen molar-refractivity contribution in [3.8, 4) is 0 Å². The molecule has 6 unspecified atom stereocenters. The molecular formula is C44H80O12S. The van der Waals surface area contributed by atoms with Crippen molar-refractivity contribution in [3.63, 3.8) is 0 Å². The Labute approximate surface area is 345 Å². The Balaban J connectivity index is 2.42. The van der Waals surface area contributed by atoms with E-state index in [1.807, 2.05) is 0 Å². The Morgan fingerprint density at radius 3 is 1.58 bits per heavy atom. The lowest BCUT2D eigenvalue weighted by atomic mass is 10.00. The molecule has 6 atom stereocenters. The summed E-state index contributed by atoms with van der Waals surface area (Å²) >= 11 is 0. The summed E-state index contributed by atoms with van der Waals surface area (Å²) in [6.45, 7) is 3.71. The molecule has 1 aliphatic heterocycles. The van der Waals surface area contributed by atoms with Gasteiger partial charge >= 0.3 is 11.9 Å². The van der Waals surface area contributed by atoms with E-state index in [1.54, 1.807) is 0 Å². The molecule has 0 amide bonds. The third-order valence-corrected chi connectivity index (χ3v) is 11.0. The van der Waals surface area contributed by atoms with Crippen molar-refractivity contribution >= 4 is 22.1 Å². The third kappa shape index (κ3) is 29.9. The summed E-state index contributed by atoms with van der Waals surface area (Å²) in [5.41, 5.74) is 0. The number of aliphatic hydroxyl groups is 3. The molecule has 0 saturated carbocycles. The monoisotopic (exact) mass is 833 g/mol. The van der Waals surface area contributed by atoms with Gasteiger partial charge in [0.15, 0.2) is 12.4 Å². The van der Waals surface area contributed by atoms with Crippen LogP contribution in [-0.4, -0.2) is 96.0 Å². The summed E-state index contributed by atoms with van der Waals surface area (Å²) in [6.07, 6.45) is 28.0. The van der Waals surface area contributed by atoms with Gasteiger partial charge in [0.2, 0.25) is 0 Å². The minimum Gasteiger partial charge on any atom is -0.462 e. The summed E-state index contributed by atoms with van der Waals surface area (Å²) in [6, 6.07) is 0. The number of carbonyl (C=O) groups excluding carboxylic acids is 2. The van der Waals surface area contributed by atoms with Gasteiger partial charge in [0.25, 0.3) is 10.1 Å². The summed E-state index contributed by atoms with van der Waals surface area (Å²) in [5, 5.41) is 30.8. The maximum absolute atomic E-state index is 12.8. The van der Waals surface area contributed by atoms with Gasteiger partial charge < -0.3 is 34.3 Å². The fourth-order valence-corrected chi connectivity index (χ4v) is 7.46. The largest absolute Gasteiger partial charge is 0.462 e. The highest BCUT2D eigenvalue weighted by atomic mass is 32.2. The predicted octanol–water partition coefficient (Wildman–Crippen LogP) is 8.84. The normalized spacial score (nSPS) is 20.7. The van der Waals surface area contributed by atoms with Crippen molar-refractivity contribution in [2.45, 2.75) is 224 Å². The van der Waals surface area contributed by atoms with Crippen LogP contribution >= 0.6 is 0 Å². The van der Waals surface area contributed by atoms with Crippen LogP contribution in [0.1, 0.15) is 187 Å². The van der Waals surface area contributed by atoms with E-state index >= 15 is 0 Å². The van der Waals surface area contributed by atoms with Gasteiger partial charge in [-0.15, -0.1) is 0 Å². The van der Waals surface area contributed by atoms with Crippen LogP contribution in [0.2, 0.25) is 0 Å². The van der Waals surface area contributed by atoms with E-state index in [2.05, 4.69) is 38.2 Å². The van der Waals surface area contributed by atoms with Gasteiger partial charge in [0, 0.05) is 12.8 Å².